The second kappa shape index (κ2) is 6.32. The molecule has 1 atom stereocenters. The molecule has 0 aliphatic rings. The van der Waals surface area contributed by atoms with Crippen molar-refractivity contribution < 1.29 is 4.21 Å². The monoisotopic (exact) mass is 313 g/mol. The summed E-state index contributed by atoms with van der Waals surface area (Å²) in [6.45, 7) is 2.80. The molecule has 0 radical (unpaired) electrons. The van der Waals surface area contributed by atoms with Crippen molar-refractivity contribution in [1.29, 1.82) is 0 Å². The van der Waals surface area contributed by atoms with Crippen molar-refractivity contribution in [3.05, 3.63) is 59.4 Å². The van der Waals surface area contributed by atoms with E-state index in [0.717, 1.165) is 34.4 Å². The molecule has 114 valence electrons. The van der Waals surface area contributed by atoms with Crippen molar-refractivity contribution in [1.82, 2.24) is 9.97 Å². The van der Waals surface area contributed by atoms with Crippen LogP contribution in [0.25, 0.3) is 11.0 Å². The second-order valence-electron chi connectivity index (χ2n) is 5.37. The van der Waals surface area contributed by atoms with Crippen LogP contribution < -0.4 is 5.32 Å². The van der Waals surface area contributed by atoms with Gasteiger partial charge >= 0.3 is 0 Å². The number of fused-ring (bicyclic) bond motifs is 1. The van der Waals surface area contributed by atoms with E-state index in [4.69, 9.17) is 0 Å². The molecule has 2 aromatic heterocycles. The van der Waals surface area contributed by atoms with E-state index in [-0.39, 0.29) is 0 Å². The quantitative estimate of drug-likeness (QED) is 0.759. The Hall–Kier alpha value is -2.14. The largest absolute Gasteiger partial charge is 0.381 e. The van der Waals surface area contributed by atoms with Gasteiger partial charge in [0.15, 0.2) is 0 Å². The fraction of sp³-hybridized carbons (Fsp3) is 0.235. The SMILES string of the molecule is Cc1c(CS(C)=O)cccc1NCc1ccnc2[nH]ccc12. The first kappa shape index (κ1) is 14.8. The van der Waals surface area contributed by atoms with Crippen LogP contribution in [0.5, 0.6) is 0 Å². The minimum Gasteiger partial charge on any atom is -0.381 e. The topological polar surface area (TPSA) is 57.8 Å². The number of rotatable bonds is 5. The molecule has 0 aliphatic carbocycles. The van der Waals surface area contributed by atoms with Gasteiger partial charge in [0, 0.05) is 52.8 Å². The highest BCUT2D eigenvalue weighted by atomic mass is 32.2. The lowest BCUT2D eigenvalue weighted by Gasteiger charge is -2.13. The van der Waals surface area contributed by atoms with E-state index in [9.17, 15) is 4.21 Å². The summed E-state index contributed by atoms with van der Waals surface area (Å²) in [6, 6.07) is 10.2. The number of aromatic nitrogens is 2. The third-order valence-electron chi connectivity index (χ3n) is 3.82. The van der Waals surface area contributed by atoms with Gasteiger partial charge < -0.3 is 10.3 Å². The molecule has 0 saturated carbocycles. The number of hydrogen-bond donors (Lipinski definition) is 2. The lowest BCUT2D eigenvalue weighted by atomic mass is 10.1. The third-order valence-corrected chi connectivity index (χ3v) is 4.54. The molecule has 0 aliphatic heterocycles. The van der Waals surface area contributed by atoms with Crippen LogP contribution in [0.15, 0.2) is 42.7 Å². The lowest BCUT2D eigenvalue weighted by molar-refractivity contribution is 0.686. The highest BCUT2D eigenvalue weighted by Crippen LogP contribution is 2.22. The fourth-order valence-corrected chi connectivity index (χ4v) is 3.36. The maximum Gasteiger partial charge on any atom is 0.137 e. The Balaban J connectivity index is 1.82. The molecule has 2 N–H and O–H groups in total. The van der Waals surface area contributed by atoms with E-state index in [1.807, 2.05) is 36.7 Å². The van der Waals surface area contributed by atoms with Gasteiger partial charge in [-0.2, -0.15) is 0 Å². The number of nitrogens with zero attached hydrogens (tertiary/aromatic N) is 1. The standard InChI is InChI=1S/C17H19N3OS/c1-12-14(11-22(2)21)4-3-5-16(12)20-10-13-6-8-18-17-15(13)7-9-19-17/h3-9,20H,10-11H2,1-2H3,(H,18,19). The first-order valence-electron chi connectivity index (χ1n) is 7.18. The predicted molar refractivity (Wildman–Crippen MR) is 92.4 cm³/mol. The summed E-state index contributed by atoms with van der Waals surface area (Å²) < 4.78 is 11.5. The van der Waals surface area contributed by atoms with Crippen LogP contribution in [0.3, 0.4) is 0 Å². The summed E-state index contributed by atoms with van der Waals surface area (Å²) in [5.74, 6) is 0.596. The Bertz CT molecular complexity index is 826. The van der Waals surface area contributed by atoms with Gasteiger partial charge in [-0.15, -0.1) is 0 Å². The van der Waals surface area contributed by atoms with E-state index in [0.29, 0.717) is 5.75 Å². The first-order chi connectivity index (χ1) is 10.6. The summed E-state index contributed by atoms with van der Waals surface area (Å²) in [4.78, 5) is 7.43. The summed E-state index contributed by atoms with van der Waals surface area (Å²) in [6.07, 6.45) is 5.46. The minimum absolute atomic E-state index is 0.596. The molecule has 3 aromatic rings. The van der Waals surface area contributed by atoms with Gasteiger partial charge in [0.05, 0.1) is 0 Å². The van der Waals surface area contributed by atoms with Gasteiger partial charge in [0.2, 0.25) is 0 Å². The highest BCUT2D eigenvalue weighted by Gasteiger charge is 2.07. The maximum atomic E-state index is 11.5. The van der Waals surface area contributed by atoms with E-state index in [2.05, 4.69) is 28.3 Å². The fourth-order valence-electron chi connectivity index (χ4n) is 2.61. The normalized spacial score (nSPS) is 12.5. The van der Waals surface area contributed by atoms with Gasteiger partial charge in [-0.3, -0.25) is 4.21 Å². The molecular weight excluding hydrogens is 294 g/mol. The number of H-pyrrole nitrogens is 1. The van der Waals surface area contributed by atoms with E-state index >= 15 is 0 Å². The zero-order valence-corrected chi connectivity index (χ0v) is 13.5. The van der Waals surface area contributed by atoms with Crippen molar-refractivity contribution >= 4 is 27.5 Å². The Kier molecular flexibility index (Phi) is 4.24. The average Bonchev–Trinajstić information content (AvgIpc) is 2.97. The number of pyridine rings is 1. The van der Waals surface area contributed by atoms with Gasteiger partial charge in [0.1, 0.15) is 5.65 Å². The molecule has 3 rings (SSSR count). The molecule has 1 unspecified atom stereocenters. The molecule has 0 spiro atoms. The van der Waals surface area contributed by atoms with E-state index < -0.39 is 10.8 Å². The smallest absolute Gasteiger partial charge is 0.137 e. The van der Waals surface area contributed by atoms with Crippen molar-refractivity contribution in [3.63, 3.8) is 0 Å². The Morgan fingerprint density at radius 1 is 1.23 bits per heavy atom. The van der Waals surface area contributed by atoms with Crippen molar-refractivity contribution in [2.45, 2.75) is 19.2 Å². The number of nitrogens with one attached hydrogen (secondary N) is 2. The van der Waals surface area contributed by atoms with Crippen molar-refractivity contribution in [3.8, 4) is 0 Å². The van der Waals surface area contributed by atoms with Crippen LogP contribution in [0.1, 0.15) is 16.7 Å². The minimum atomic E-state index is -0.828. The number of anilines is 1. The number of aromatic amines is 1. The molecule has 2 heterocycles. The second-order valence-corrected chi connectivity index (χ2v) is 6.81. The van der Waals surface area contributed by atoms with Crippen LogP contribution in [0.2, 0.25) is 0 Å². The summed E-state index contributed by atoms with van der Waals surface area (Å²) in [7, 11) is -0.828. The van der Waals surface area contributed by atoms with Crippen molar-refractivity contribution in [2.24, 2.45) is 0 Å². The molecule has 0 amide bonds. The van der Waals surface area contributed by atoms with Gasteiger partial charge in [-0.05, 0) is 41.8 Å². The van der Waals surface area contributed by atoms with Crippen LogP contribution in [-0.4, -0.2) is 20.4 Å². The molecule has 0 saturated heterocycles. The molecule has 5 heteroatoms. The van der Waals surface area contributed by atoms with E-state index in [1.54, 1.807) is 6.26 Å². The Morgan fingerprint density at radius 3 is 2.91 bits per heavy atom. The first-order valence-corrected chi connectivity index (χ1v) is 8.91. The van der Waals surface area contributed by atoms with Crippen molar-refractivity contribution in [2.75, 3.05) is 11.6 Å². The van der Waals surface area contributed by atoms with Crippen LogP contribution in [0, 0.1) is 6.92 Å². The molecule has 4 nitrogen and oxygen atoms in total. The average molecular weight is 313 g/mol. The Morgan fingerprint density at radius 2 is 2.09 bits per heavy atom. The number of benzene rings is 1. The summed E-state index contributed by atoms with van der Waals surface area (Å²) in [5.41, 5.74) is 5.49. The number of hydrogen-bond acceptors (Lipinski definition) is 3. The predicted octanol–water partition coefficient (Wildman–Crippen LogP) is 3.36. The lowest BCUT2D eigenvalue weighted by Crippen LogP contribution is -2.04. The molecule has 1 aromatic carbocycles. The molecular formula is C17H19N3OS. The van der Waals surface area contributed by atoms with Crippen LogP contribution in [0.4, 0.5) is 5.69 Å². The zero-order valence-electron chi connectivity index (χ0n) is 12.7. The Labute approximate surface area is 132 Å². The van der Waals surface area contributed by atoms with E-state index in [1.165, 1.54) is 5.56 Å². The molecule has 0 bridgehead atoms. The van der Waals surface area contributed by atoms with Gasteiger partial charge in [0.25, 0.3) is 0 Å². The van der Waals surface area contributed by atoms with Crippen LogP contribution in [-0.2, 0) is 23.1 Å². The molecule has 0 fully saturated rings. The maximum absolute atomic E-state index is 11.5. The zero-order chi connectivity index (χ0) is 15.5. The third kappa shape index (κ3) is 3.04. The summed E-state index contributed by atoms with van der Waals surface area (Å²) >= 11 is 0. The van der Waals surface area contributed by atoms with Gasteiger partial charge in [-0.1, -0.05) is 12.1 Å². The highest BCUT2D eigenvalue weighted by molar-refractivity contribution is 7.83. The summed E-state index contributed by atoms with van der Waals surface area (Å²) in [5, 5.41) is 4.62. The van der Waals surface area contributed by atoms with Gasteiger partial charge in [-0.25, -0.2) is 4.98 Å². The van der Waals surface area contributed by atoms with Crippen LogP contribution >= 0.6 is 0 Å². The molecule has 22 heavy (non-hydrogen) atoms.